The SMILES string of the molecule is Cn1ccnc1C(O)(CCNC(=O)C1=NN(c2ccccc2)C(C(N)=O)C1)C(F)(F)F. The standard InChI is InChI=1S/C19H21F3N6O3/c1-27-10-9-25-17(27)18(31,19(20,21)22)7-8-24-16(30)13-11-14(15(23)29)28(26-13)12-5-3-2-4-6-12/h2-6,9-10,14,31H,7-8,11H2,1H3,(H2,23,29)(H,24,30). The van der Waals surface area contributed by atoms with Gasteiger partial charge in [0.25, 0.3) is 5.91 Å². The number of imidazole rings is 1. The molecule has 4 N–H and O–H groups in total. The summed E-state index contributed by atoms with van der Waals surface area (Å²) in [6.07, 6.45) is -3.55. The molecule has 3 rings (SSSR count). The molecule has 0 saturated carbocycles. The first-order chi connectivity index (χ1) is 14.5. The van der Waals surface area contributed by atoms with Crippen LogP contribution in [0.1, 0.15) is 18.7 Å². The Kier molecular flexibility index (Phi) is 6.02. The van der Waals surface area contributed by atoms with Gasteiger partial charge in [-0.1, -0.05) is 18.2 Å². The van der Waals surface area contributed by atoms with Gasteiger partial charge in [0.05, 0.1) is 5.69 Å². The van der Waals surface area contributed by atoms with Crippen molar-refractivity contribution in [3.8, 4) is 0 Å². The number of nitrogens with two attached hydrogens (primary N) is 1. The number of halogens is 3. The van der Waals surface area contributed by atoms with E-state index in [-0.39, 0.29) is 12.1 Å². The molecule has 2 aromatic rings. The van der Waals surface area contributed by atoms with Gasteiger partial charge < -0.3 is 20.7 Å². The van der Waals surface area contributed by atoms with E-state index in [1.54, 1.807) is 30.3 Å². The van der Waals surface area contributed by atoms with Gasteiger partial charge in [-0.05, 0) is 12.1 Å². The molecule has 0 radical (unpaired) electrons. The summed E-state index contributed by atoms with van der Waals surface area (Å²) in [4.78, 5) is 27.9. The number of amides is 2. The molecule has 2 atom stereocenters. The van der Waals surface area contributed by atoms with Crippen LogP contribution in [0.3, 0.4) is 0 Å². The molecule has 0 bridgehead atoms. The number of anilines is 1. The fraction of sp³-hybridized carbons (Fsp3) is 0.368. The van der Waals surface area contributed by atoms with Crippen LogP contribution in [0.4, 0.5) is 18.9 Å². The summed E-state index contributed by atoms with van der Waals surface area (Å²) in [5.41, 5.74) is 2.64. The van der Waals surface area contributed by atoms with E-state index >= 15 is 0 Å². The van der Waals surface area contributed by atoms with Crippen LogP contribution < -0.4 is 16.1 Å². The first kappa shape index (κ1) is 22.3. The number of nitrogens with one attached hydrogen (secondary N) is 1. The molecule has 1 aliphatic heterocycles. The van der Waals surface area contributed by atoms with E-state index in [2.05, 4.69) is 15.4 Å². The maximum absolute atomic E-state index is 13.6. The van der Waals surface area contributed by atoms with Crippen LogP contribution in [0.5, 0.6) is 0 Å². The monoisotopic (exact) mass is 438 g/mol. The van der Waals surface area contributed by atoms with Crippen molar-refractivity contribution in [3.05, 3.63) is 48.5 Å². The number of aliphatic hydroxyl groups is 1. The van der Waals surface area contributed by atoms with Gasteiger partial charge in [-0.25, -0.2) is 4.98 Å². The minimum Gasteiger partial charge on any atom is -0.374 e. The van der Waals surface area contributed by atoms with Crippen molar-refractivity contribution in [1.29, 1.82) is 0 Å². The van der Waals surface area contributed by atoms with Crippen molar-refractivity contribution in [2.24, 2.45) is 17.9 Å². The lowest BCUT2D eigenvalue weighted by atomic mass is 9.97. The highest BCUT2D eigenvalue weighted by Gasteiger charge is 2.57. The minimum atomic E-state index is -5.01. The van der Waals surface area contributed by atoms with Crippen LogP contribution in [0.15, 0.2) is 47.8 Å². The second-order valence-corrected chi connectivity index (χ2v) is 7.07. The van der Waals surface area contributed by atoms with Crippen molar-refractivity contribution < 1.29 is 27.9 Å². The number of hydrogen-bond donors (Lipinski definition) is 3. The molecule has 0 spiro atoms. The minimum absolute atomic E-state index is 0.0554. The molecule has 0 fully saturated rings. The van der Waals surface area contributed by atoms with E-state index in [0.717, 1.165) is 10.8 Å². The predicted octanol–water partition coefficient (Wildman–Crippen LogP) is 0.796. The highest BCUT2D eigenvalue weighted by Crippen LogP contribution is 2.40. The Balaban J connectivity index is 1.71. The normalized spacial score (nSPS) is 18.4. The molecule has 12 heteroatoms. The Labute approximate surface area is 175 Å². The largest absolute Gasteiger partial charge is 0.424 e. The number of alkyl halides is 3. The Morgan fingerprint density at radius 1 is 1.29 bits per heavy atom. The number of para-hydroxylation sites is 1. The molecule has 1 aromatic carbocycles. The number of rotatable bonds is 7. The number of hydrogen-bond acceptors (Lipinski definition) is 6. The van der Waals surface area contributed by atoms with Crippen LogP contribution in [-0.4, -0.2) is 50.9 Å². The number of carbonyl (C=O) groups excluding carboxylic acids is 2. The van der Waals surface area contributed by atoms with E-state index < -0.39 is 48.4 Å². The number of benzene rings is 1. The second-order valence-electron chi connectivity index (χ2n) is 7.07. The zero-order valence-corrected chi connectivity index (χ0v) is 16.5. The van der Waals surface area contributed by atoms with Gasteiger partial charge in [-0.15, -0.1) is 0 Å². The predicted molar refractivity (Wildman–Crippen MR) is 105 cm³/mol. The van der Waals surface area contributed by atoms with E-state index in [1.807, 2.05) is 0 Å². The first-order valence-corrected chi connectivity index (χ1v) is 9.31. The maximum Gasteiger partial charge on any atom is 0.424 e. The lowest BCUT2D eigenvalue weighted by molar-refractivity contribution is -0.272. The summed E-state index contributed by atoms with van der Waals surface area (Å²) >= 11 is 0. The lowest BCUT2D eigenvalue weighted by Gasteiger charge is -2.29. The summed E-state index contributed by atoms with van der Waals surface area (Å²) < 4.78 is 41.7. The number of aromatic nitrogens is 2. The second kappa shape index (κ2) is 8.38. The number of carbonyl (C=O) groups is 2. The lowest BCUT2D eigenvalue weighted by Crippen LogP contribution is -2.47. The molecular weight excluding hydrogens is 417 g/mol. The zero-order valence-electron chi connectivity index (χ0n) is 16.5. The van der Waals surface area contributed by atoms with Gasteiger partial charge in [-0.2, -0.15) is 18.3 Å². The number of nitrogens with zero attached hydrogens (tertiary/aromatic N) is 4. The molecule has 1 aromatic heterocycles. The van der Waals surface area contributed by atoms with Crippen LogP contribution in [0, 0.1) is 0 Å². The number of aryl methyl sites for hydroxylation is 1. The first-order valence-electron chi connectivity index (χ1n) is 9.31. The van der Waals surface area contributed by atoms with Gasteiger partial charge in [-0.3, -0.25) is 14.6 Å². The van der Waals surface area contributed by atoms with Gasteiger partial charge in [0.1, 0.15) is 17.6 Å². The Morgan fingerprint density at radius 3 is 2.52 bits per heavy atom. The number of primary amides is 1. The Bertz CT molecular complexity index is 991. The van der Waals surface area contributed by atoms with Crippen molar-refractivity contribution >= 4 is 23.2 Å². The molecule has 1 aliphatic rings. The van der Waals surface area contributed by atoms with Gasteiger partial charge in [0.15, 0.2) is 0 Å². The molecule has 31 heavy (non-hydrogen) atoms. The average Bonchev–Trinajstić information content (AvgIpc) is 3.34. The summed E-state index contributed by atoms with van der Waals surface area (Å²) in [7, 11) is 1.33. The Morgan fingerprint density at radius 2 is 1.97 bits per heavy atom. The molecular formula is C19H21F3N6O3. The van der Waals surface area contributed by atoms with E-state index in [9.17, 15) is 27.9 Å². The summed E-state index contributed by atoms with van der Waals surface area (Å²) in [5.74, 6) is -2.04. The van der Waals surface area contributed by atoms with Gasteiger partial charge in [0, 0.05) is 38.8 Å². The van der Waals surface area contributed by atoms with E-state index in [0.29, 0.717) is 5.69 Å². The summed E-state index contributed by atoms with van der Waals surface area (Å²) in [6.45, 7) is -0.507. The Hall–Kier alpha value is -3.41. The molecule has 166 valence electrons. The third kappa shape index (κ3) is 4.38. The smallest absolute Gasteiger partial charge is 0.374 e. The van der Waals surface area contributed by atoms with Gasteiger partial charge in [0.2, 0.25) is 11.5 Å². The topological polar surface area (TPSA) is 126 Å². The molecule has 2 unspecified atom stereocenters. The fourth-order valence-corrected chi connectivity index (χ4v) is 3.29. The van der Waals surface area contributed by atoms with Crippen molar-refractivity contribution in [2.45, 2.75) is 30.7 Å². The van der Waals surface area contributed by atoms with Crippen molar-refractivity contribution in [2.75, 3.05) is 11.6 Å². The number of hydrazone groups is 1. The third-order valence-electron chi connectivity index (χ3n) is 4.95. The highest BCUT2D eigenvalue weighted by atomic mass is 19.4. The maximum atomic E-state index is 13.6. The molecule has 0 aliphatic carbocycles. The van der Waals surface area contributed by atoms with Crippen molar-refractivity contribution in [1.82, 2.24) is 14.9 Å². The van der Waals surface area contributed by atoms with Crippen LogP contribution >= 0.6 is 0 Å². The van der Waals surface area contributed by atoms with Crippen LogP contribution in [-0.2, 0) is 22.2 Å². The van der Waals surface area contributed by atoms with Crippen molar-refractivity contribution in [3.63, 3.8) is 0 Å². The fourth-order valence-electron chi connectivity index (χ4n) is 3.29. The van der Waals surface area contributed by atoms with Crippen LogP contribution in [0.25, 0.3) is 0 Å². The molecule has 2 amide bonds. The van der Waals surface area contributed by atoms with Gasteiger partial charge >= 0.3 is 6.18 Å². The summed E-state index contributed by atoms with van der Waals surface area (Å²) in [6, 6.07) is 7.66. The van der Waals surface area contributed by atoms with E-state index in [4.69, 9.17) is 5.73 Å². The quantitative estimate of drug-likeness (QED) is 0.590. The average molecular weight is 438 g/mol. The molecule has 2 heterocycles. The highest BCUT2D eigenvalue weighted by molar-refractivity contribution is 6.40. The zero-order chi connectivity index (χ0) is 22.8. The van der Waals surface area contributed by atoms with E-state index in [1.165, 1.54) is 18.3 Å². The van der Waals surface area contributed by atoms with Crippen LogP contribution in [0.2, 0.25) is 0 Å². The molecule has 9 nitrogen and oxygen atoms in total. The third-order valence-corrected chi connectivity index (χ3v) is 4.95. The summed E-state index contributed by atoms with van der Waals surface area (Å²) in [5, 5.41) is 18.1. The molecule has 0 saturated heterocycles.